The number of carbonyl (C=O) groups excluding carboxylic acids is 4. The summed E-state index contributed by atoms with van der Waals surface area (Å²) in [5.41, 5.74) is -0.171. The molecule has 3 amide bonds. The largest absolute Gasteiger partial charge is 0.455 e. The van der Waals surface area contributed by atoms with Gasteiger partial charge in [-0.1, -0.05) is 66.2 Å². The molecule has 2 aromatic carbocycles. The third kappa shape index (κ3) is 5.67. The van der Waals surface area contributed by atoms with Crippen LogP contribution in [0, 0.1) is 11.8 Å². The molecule has 7 atom stereocenters. The Morgan fingerprint density at radius 2 is 1.78 bits per heavy atom. The number of esters is 1. The van der Waals surface area contributed by atoms with E-state index in [0.29, 0.717) is 22.7 Å². The summed E-state index contributed by atoms with van der Waals surface area (Å²) in [5.74, 6) is -3.74. The van der Waals surface area contributed by atoms with E-state index in [1.165, 1.54) is 4.90 Å². The van der Waals surface area contributed by atoms with E-state index in [0.717, 1.165) is 0 Å². The van der Waals surface area contributed by atoms with Gasteiger partial charge in [0.15, 0.2) is 0 Å². The molecule has 11 heteroatoms. The molecule has 1 spiro atoms. The van der Waals surface area contributed by atoms with E-state index in [1.54, 1.807) is 60.4 Å². The summed E-state index contributed by atoms with van der Waals surface area (Å²) in [4.78, 5) is 58.9. The zero-order valence-corrected chi connectivity index (χ0v) is 25.6. The van der Waals surface area contributed by atoms with Crippen LogP contribution in [0.15, 0.2) is 78.9 Å². The van der Waals surface area contributed by atoms with Crippen LogP contribution < -0.4 is 10.2 Å². The molecule has 45 heavy (non-hydrogen) atoms. The predicted octanol–water partition coefficient (Wildman–Crippen LogP) is 3.35. The second-order valence-corrected chi connectivity index (χ2v) is 12.3. The van der Waals surface area contributed by atoms with E-state index in [4.69, 9.17) is 21.1 Å². The number of benzene rings is 2. The highest BCUT2D eigenvalue weighted by molar-refractivity contribution is 6.30. The third-order valence-electron chi connectivity index (χ3n) is 9.04. The van der Waals surface area contributed by atoms with Crippen LogP contribution in [-0.4, -0.2) is 77.2 Å². The van der Waals surface area contributed by atoms with Crippen molar-refractivity contribution < 1.29 is 33.8 Å². The highest BCUT2D eigenvalue weighted by Crippen LogP contribution is 2.53. The zero-order chi connectivity index (χ0) is 31.7. The van der Waals surface area contributed by atoms with Crippen LogP contribution >= 0.6 is 11.6 Å². The molecule has 4 aliphatic heterocycles. The van der Waals surface area contributed by atoms with Gasteiger partial charge in [-0.2, -0.15) is 0 Å². The van der Waals surface area contributed by atoms with E-state index < -0.39 is 53.6 Å². The number of cyclic esters (lactones) is 1. The summed E-state index contributed by atoms with van der Waals surface area (Å²) in [5, 5.41) is 13.1. The number of hydrogen-bond donors (Lipinski definition) is 2. The van der Waals surface area contributed by atoms with Gasteiger partial charge in [0.25, 0.3) is 5.91 Å². The van der Waals surface area contributed by atoms with Gasteiger partial charge in [-0.05, 0) is 49.6 Å². The van der Waals surface area contributed by atoms with Crippen molar-refractivity contribution in [1.29, 1.82) is 0 Å². The first-order chi connectivity index (χ1) is 21.7. The van der Waals surface area contributed by atoms with Gasteiger partial charge in [0.2, 0.25) is 11.8 Å². The number of ether oxygens (including phenoxy) is 2. The van der Waals surface area contributed by atoms with Crippen molar-refractivity contribution in [2.24, 2.45) is 11.8 Å². The van der Waals surface area contributed by atoms with Crippen LogP contribution in [0.1, 0.15) is 37.9 Å². The van der Waals surface area contributed by atoms with E-state index in [-0.39, 0.29) is 44.4 Å². The highest BCUT2D eigenvalue weighted by Gasteiger charge is 2.71. The third-order valence-corrected chi connectivity index (χ3v) is 9.29. The monoisotopic (exact) mass is 633 g/mol. The van der Waals surface area contributed by atoms with Crippen molar-refractivity contribution in [3.63, 3.8) is 0 Å². The summed E-state index contributed by atoms with van der Waals surface area (Å²) < 4.78 is 12.9. The van der Waals surface area contributed by atoms with E-state index in [1.807, 2.05) is 30.3 Å². The van der Waals surface area contributed by atoms with Gasteiger partial charge in [-0.3, -0.25) is 19.2 Å². The van der Waals surface area contributed by atoms with Gasteiger partial charge in [0.1, 0.15) is 23.7 Å². The molecule has 236 valence electrons. The standard InChI is InChI=1S/C34H36ClN3O7/c1-21-29(22-9-3-2-4-10-22)44-33(43)27-25(11-5-6-12-26(40)36-21)45-34-17-7-18-37(24-15-13-23(35)14-16-24)32(42)30(34)38(19-8-20-39)31(41)28(27)34/h2-5,7,9-11,13-17,21,25,27-30,39H,6,8,12,18-20H2,1H3,(H,36,40)/b11-5-/t21-,25-,27+,28+,29+,30-,34+/m1/s1. The quantitative estimate of drug-likeness (QED) is 0.382. The molecule has 4 heterocycles. The molecular formula is C34H36ClN3O7. The number of halogens is 1. The van der Waals surface area contributed by atoms with Gasteiger partial charge in [-0.25, -0.2) is 0 Å². The Kier molecular flexibility index (Phi) is 8.81. The summed E-state index contributed by atoms with van der Waals surface area (Å²) >= 11 is 6.11. The molecule has 0 unspecified atom stereocenters. The molecule has 0 saturated carbocycles. The first kappa shape index (κ1) is 31.0. The smallest absolute Gasteiger partial charge is 0.313 e. The van der Waals surface area contributed by atoms with Crippen LogP contribution in [0.3, 0.4) is 0 Å². The lowest BCUT2D eigenvalue weighted by atomic mass is 9.77. The van der Waals surface area contributed by atoms with Gasteiger partial charge in [-0.15, -0.1) is 0 Å². The fraction of sp³-hybridized carbons (Fsp3) is 0.412. The topological polar surface area (TPSA) is 125 Å². The van der Waals surface area contributed by atoms with Crippen LogP contribution in [0.2, 0.25) is 5.02 Å². The Morgan fingerprint density at radius 1 is 1.02 bits per heavy atom. The van der Waals surface area contributed by atoms with Crippen molar-refractivity contribution in [2.75, 3.05) is 24.6 Å². The Morgan fingerprint density at radius 3 is 2.51 bits per heavy atom. The Labute approximate surface area is 266 Å². The lowest BCUT2D eigenvalue weighted by Crippen LogP contribution is -2.55. The minimum Gasteiger partial charge on any atom is -0.455 e. The molecule has 0 aromatic heterocycles. The summed E-state index contributed by atoms with van der Waals surface area (Å²) in [7, 11) is 0. The van der Waals surface area contributed by atoms with Gasteiger partial charge in [0, 0.05) is 36.8 Å². The number of aliphatic hydroxyl groups is 1. The maximum absolute atomic E-state index is 14.4. The van der Waals surface area contributed by atoms with Crippen LogP contribution in [0.4, 0.5) is 5.69 Å². The maximum atomic E-state index is 14.4. The minimum atomic E-state index is -1.47. The number of amides is 3. The predicted molar refractivity (Wildman–Crippen MR) is 166 cm³/mol. The van der Waals surface area contributed by atoms with Gasteiger partial charge in [0.05, 0.1) is 18.1 Å². The van der Waals surface area contributed by atoms with Gasteiger partial charge < -0.3 is 29.7 Å². The summed E-state index contributed by atoms with van der Waals surface area (Å²) in [6.45, 7) is 1.92. The lowest BCUT2D eigenvalue weighted by molar-refractivity contribution is -0.161. The number of hydrogen-bond acceptors (Lipinski definition) is 7. The van der Waals surface area contributed by atoms with Crippen LogP contribution in [0.25, 0.3) is 0 Å². The molecule has 2 aromatic rings. The second-order valence-electron chi connectivity index (χ2n) is 11.9. The number of carbonyl (C=O) groups is 4. The fourth-order valence-electron chi connectivity index (χ4n) is 7.04. The Balaban J connectivity index is 1.43. The van der Waals surface area contributed by atoms with Crippen molar-refractivity contribution in [3.05, 3.63) is 89.5 Å². The number of aliphatic hydroxyl groups excluding tert-OH is 1. The van der Waals surface area contributed by atoms with Crippen molar-refractivity contribution in [2.45, 2.75) is 56.1 Å². The van der Waals surface area contributed by atoms with Crippen molar-refractivity contribution >= 4 is 41.0 Å². The number of rotatable bonds is 5. The van der Waals surface area contributed by atoms with Crippen molar-refractivity contribution in [1.82, 2.24) is 10.2 Å². The van der Waals surface area contributed by atoms with Crippen molar-refractivity contribution in [3.8, 4) is 0 Å². The van der Waals surface area contributed by atoms with E-state index in [2.05, 4.69) is 5.32 Å². The van der Waals surface area contributed by atoms with Crippen LogP contribution in [-0.2, 0) is 28.7 Å². The zero-order valence-electron chi connectivity index (χ0n) is 24.9. The molecule has 0 bridgehead atoms. The summed E-state index contributed by atoms with van der Waals surface area (Å²) in [6, 6.07) is 14.4. The Hall–Kier alpha value is -3.99. The molecule has 10 nitrogen and oxygen atoms in total. The average molecular weight is 634 g/mol. The minimum absolute atomic E-state index is 0.105. The molecule has 2 N–H and O–H groups in total. The van der Waals surface area contributed by atoms with Crippen LogP contribution in [0.5, 0.6) is 0 Å². The highest BCUT2D eigenvalue weighted by atomic mass is 35.5. The number of anilines is 1. The van der Waals surface area contributed by atoms with Gasteiger partial charge >= 0.3 is 5.97 Å². The fourth-order valence-corrected chi connectivity index (χ4v) is 7.16. The SMILES string of the molecule is C[C@H]1NC(=O)CC/C=C\[C@H]2O[C@]34C=CCN(c5ccc(Cl)cc5)C(=O)[C@H]3N(CCCO)C(=O)[C@@H]4[C@H]2C(=O)O[C@@H]1c1ccccc1. The number of allylic oxidation sites excluding steroid dienone is 1. The Bertz CT molecular complexity index is 1510. The molecule has 6 rings (SSSR count). The lowest BCUT2D eigenvalue weighted by Gasteiger charge is -2.35. The molecule has 2 saturated heterocycles. The summed E-state index contributed by atoms with van der Waals surface area (Å²) in [6.07, 6.45) is 6.17. The number of fused-ring (bicyclic) bond motifs is 2. The molecular weight excluding hydrogens is 598 g/mol. The molecule has 2 fully saturated rings. The number of nitrogens with zero attached hydrogens (tertiary/aromatic N) is 2. The molecule has 4 aliphatic rings. The molecule has 0 radical (unpaired) electrons. The van der Waals surface area contributed by atoms with E-state index in [9.17, 15) is 24.3 Å². The average Bonchev–Trinajstić information content (AvgIpc) is 3.41. The normalized spacial score (nSPS) is 32.4. The first-order valence-corrected chi connectivity index (χ1v) is 15.7. The van der Waals surface area contributed by atoms with E-state index >= 15 is 0 Å². The number of nitrogens with one attached hydrogen (secondary N) is 1. The first-order valence-electron chi connectivity index (χ1n) is 15.3. The number of likely N-dealkylation sites (tertiary alicyclic amines) is 1. The maximum Gasteiger partial charge on any atom is 0.313 e. The molecule has 0 aliphatic carbocycles. The second kappa shape index (κ2) is 12.8.